The molecule has 1 atom stereocenters. The quantitative estimate of drug-likeness (QED) is 0.752. The van der Waals surface area contributed by atoms with Crippen LogP contribution in [0.5, 0.6) is 5.75 Å². The van der Waals surface area contributed by atoms with Gasteiger partial charge in [-0.05, 0) is 31.0 Å². The Labute approximate surface area is 96.1 Å². The maximum atomic E-state index is 10.8. The van der Waals surface area contributed by atoms with Crippen LogP contribution < -0.4 is 4.74 Å². The third-order valence-corrected chi connectivity index (χ3v) is 2.52. The highest BCUT2D eigenvalue weighted by atomic mass is 16.5. The maximum Gasteiger partial charge on any atom is 0.310 e. The average molecular weight is 222 g/mol. The van der Waals surface area contributed by atoms with Crippen LogP contribution in [-0.2, 0) is 4.79 Å². The summed E-state index contributed by atoms with van der Waals surface area (Å²) >= 11 is 0. The van der Waals surface area contributed by atoms with Gasteiger partial charge in [0.15, 0.2) is 0 Å². The van der Waals surface area contributed by atoms with Crippen LogP contribution in [0.25, 0.3) is 0 Å². The molecule has 0 aliphatic heterocycles. The van der Waals surface area contributed by atoms with Gasteiger partial charge in [-0.2, -0.15) is 0 Å². The van der Waals surface area contributed by atoms with Crippen molar-refractivity contribution in [1.82, 2.24) is 0 Å². The minimum atomic E-state index is -0.806. The zero-order valence-corrected chi connectivity index (χ0v) is 9.77. The molecule has 0 aliphatic carbocycles. The molecule has 0 amide bonds. The summed E-state index contributed by atoms with van der Waals surface area (Å²) < 4.78 is 5.49. The first-order valence-electron chi connectivity index (χ1n) is 5.60. The van der Waals surface area contributed by atoms with E-state index in [4.69, 9.17) is 9.84 Å². The number of rotatable bonds is 6. The van der Waals surface area contributed by atoms with Crippen LogP contribution in [0.4, 0.5) is 0 Å². The van der Waals surface area contributed by atoms with E-state index >= 15 is 0 Å². The van der Waals surface area contributed by atoms with Crippen molar-refractivity contribution in [2.45, 2.75) is 32.6 Å². The number of carbonyl (C=O) groups is 1. The predicted molar refractivity (Wildman–Crippen MR) is 62.9 cm³/mol. The molecule has 1 aromatic rings. The van der Waals surface area contributed by atoms with E-state index in [-0.39, 0.29) is 0 Å². The summed E-state index contributed by atoms with van der Waals surface area (Å²) in [4.78, 5) is 10.8. The van der Waals surface area contributed by atoms with Crippen molar-refractivity contribution in [2.75, 3.05) is 6.61 Å². The van der Waals surface area contributed by atoms with E-state index in [1.165, 1.54) is 0 Å². The molecule has 3 heteroatoms. The fourth-order valence-electron chi connectivity index (χ4n) is 1.33. The van der Waals surface area contributed by atoms with Crippen molar-refractivity contribution in [2.24, 2.45) is 0 Å². The third kappa shape index (κ3) is 3.57. The number of ether oxygens (including phenoxy) is 1. The average Bonchev–Trinajstić information content (AvgIpc) is 2.29. The second-order valence-electron chi connectivity index (χ2n) is 3.83. The summed E-state index contributed by atoms with van der Waals surface area (Å²) in [5.41, 5.74) is 0.801. The van der Waals surface area contributed by atoms with Crippen molar-refractivity contribution in [3.8, 4) is 5.75 Å². The van der Waals surface area contributed by atoms with Gasteiger partial charge in [0.2, 0.25) is 0 Å². The van der Waals surface area contributed by atoms with Crippen LogP contribution in [0, 0.1) is 0 Å². The Balaban J connectivity index is 2.57. The van der Waals surface area contributed by atoms with E-state index in [9.17, 15) is 4.79 Å². The van der Waals surface area contributed by atoms with Crippen molar-refractivity contribution in [3.63, 3.8) is 0 Å². The van der Waals surface area contributed by atoms with Gasteiger partial charge >= 0.3 is 5.97 Å². The number of unbranched alkanes of at least 4 members (excludes halogenated alkanes) is 1. The van der Waals surface area contributed by atoms with E-state index in [1.54, 1.807) is 19.1 Å². The molecule has 0 saturated carbocycles. The van der Waals surface area contributed by atoms with E-state index in [2.05, 4.69) is 6.92 Å². The molecule has 0 saturated heterocycles. The maximum absolute atomic E-state index is 10.8. The molecule has 1 N–H and O–H groups in total. The van der Waals surface area contributed by atoms with Crippen molar-refractivity contribution in [3.05, 3.63) is 29.8 Å². The van der Waals surface area contributed by atoms with Gasteiger partial charge in [-0.1, -0.05) is 25.5 Å². The molecule has 0 bridgehead atoms. The zero-order chi connectivity index (χ0) is 12.0. The van der Waals surface area contributed by atoms with Gasteiger partial charge < -0.3 is 9.84 Å². The van der Waals surface area contributed by atoms with E-state index < -0.39 is 11.9 Å². The lowest BCUT2D eigenvalue weighted by Crippen LogP contribution is -2.07. The first-order valence-corrected chi connectivity index (χ1v) is 5.60. The van der Waals surface area contributed by atoms with E-state index in [0.717, 1.165) is 24.2 Å². The van der Waals surface area contributed by atoms with E-state index in [1.807, 2.05) is 12.1 Å². The summed E-state index contributed by atoms with van der Waals surface area (Å²) in [5.74, 6) is -0.473. The summed E-state index contributed by atoms with van der Waals surface area (Å²) in [6.45, 7) is 4.50. The van der Waals surface area contributed by atoms with Gasteiger partial charge in [0.05, 0.1) is 12.5 Å². The first kappa shape index (κ1) is 12.6. The Morgan fingerprint density at radius 2 is 2.00 bits per heavy atom. The normalized spacial score (nSPS) is 12.1. The highest BCUT2D eigenvalue weighted by molar-refractivity contribution is 5.75. The van der Waals surface area contributed by atoms with E-state index in [0.29, 0.717) is 6.61 Å². The molecule has 0 aromatic heterocycles. The molecule has 0 aliphatic rings. The van der Waals surface area contributed by atoms with Crippen molar-refractivity contribution in [1.29, 1.82) is 0 Å². The van der Waals surface area contributed by atoms with Gasteiger partial charge in [0, 0.05) is 0 Å². The number of aliphatic carboxylic acids is 1. The van der Waals surface area contributed by atoms with Crippen LogP contribution in [0.15, 0.2) is 24.3 Å². The largest absolute Gasteiger partial charge is 0.494 e. The Hall–Kier alpha value is -1.51. The van der Waals surface area contributed by atoms with Crippen LogP contribution in [-0.4, -0.2) is 17.7 Å². The lowest BCUT2D eigenvalue weighted by atomic mass is 10.0. The Bertz CT molecular complexity index is 330. The second kappa shape index (κ2) is 6.16. The number of benzene rings is 1. The highest BCUT2D eigenvalue weighted by Crippen LogP contribution is 2.19. The zero-order valence-electron chi connectivity index (χ0n) is 9.77. The minimum Gasteiger partial charge on any atom is -0.494 e. The smallest absolute Gasteiger partial charge is 0.310 e. The lowest BCUT2D eigenvalue weighted by molar-refractivity contribution is -0.138. The second-order valence-corrected chi connectivity index (χ2v) is 3.83. The molecule has 1 rings (SSSR count). The highest BCUT2D eigenvalue weighted by Gasteiger charge is 2.12. The van der Waals surface area contributed by atoms with Crippen LogP contribution in [0.2, 0.25) is 0 Å². The Kier molecular flexibility index (Phi) is 4.83. The summed E-state index contributed by atoms with van der Waals surface area (Å²) in [6, 6.07) is 7.26. The van der Waals surface area contributed by atoms with Crippen LogP contribution in [0.3, 0.4) is 0 Å². The number of carboxylic acids is 1. The molecule has 88 valence electrons. The topological polar surface area (TPSA) is 46.5 Å². The third-order valence-electron chi connectivity index (χ3n) is 2.52. The minimum absolute atomic E-state index is 0.468. The Morgan fingerprint density at radius 1 is 1.38 bits per heavy atom. The molecule has 0 radical (unpaired) electrons. The van der Waals surface area contributed by atoms with Crippen LogP contribution in [0.1, 0.15) is 38.2 Å². The Morgan fingerprint density at radius 3 is 2.50 bits per heavy atom. The van der Waals surface area contributed by atoms with Gasteiger partial charge in [-0.25, -0.2) is 0 Å². The summed E-state index contributed by atoms with van der Waals surface area (Å²) in [7, 11) is 0. The molecule has 0 fully saturated rings. The molecular formula is C13H18O3. The van der Waals surface area contributed by atoms with Gasteiger partial charge in [-0.3, -0.25) is 4.79 Å². The van der Waals surface area contributed by atoms with Crippen molar-refractivity contribution < 1.29 is 14.6 Å². The van der Waals surface area contributed by atoms with Gasteiger partial charge in [0.25, 0.3) is 0 Å². The predicted octanol–water partition coefficient (Wildman–Crippen LogP) is 3.05. The molecule has 3 nitrogen and oxygen atoms in total. The number of hydrogen-bond acceptors (Lipinski definition) is 2. The summed E-state index contributed by atoms with van der Waals surface area (Å²) in [5, 5.41) is 8.85. The lowest BCUT2D eigenvalue weighted by Gasteiger charge is -2.08. The molecule has 16 heavy (non-hydrogen) atoms. The first-order chi connectivity index (χ1) is 7.65. The molecule has 0 spiro atoms. The monoisotopic (exact) mass is 222 g/mol. The number of hydrogen-bond donors (Lipinski definition) is 1. The molecular weight excluding hydrogens is 204 g/mol. The van der Waals surface area contributed by atoms with Gasteiger partial charge in [0.1, 0.15) is 5.75 Å². The fourth-order valence-corrected chi connectivity index (χ4v) is 1.33. The van der Waals surface area contributed by atoms with Crippen molar-refractivity contribution >= 4 is 5.97 Å². The molecule has 1 aromatic carbocycles. The standard InChI is InChI=1S/C13H18O3/c1-3-4-9-16-12-7-5-11(6-8-12)10(2)13(14)15/h5-8,10H,3-4,9H2,1-2H3,(H,14,15). The SMILES string of the molecule is CCCCOc1ccc(C(C)C(=O)O)cc1. The van der Waals surface area contributed by atoms with Gasteiger partial charge in [-0.15, -0.1) is 0 Å². The molecule has 1 unspecified atom stereocenters. The van der Waals surface area contributed by atoms with Crippen LogP contribution >= 0.6 is 0 Å². The number of carboxylic acid groups (broad SMARTS) is 1. The molecule has 0 heterocycles. The fraction of sp³-hybridized carbons (Fsp3) is 0.462. The summed E-state index contributed by atoms with van der Waals surface area (Å²) in [6.07, 6.45) is 2.14.